The van der Waals surface area contributed by atoms with Crippen LogP contribution in [0.4, 0.5) is 0 Å². The summed E-state index contributed by atoms with van der Waals surface area (Å²) in [6, 6.07) is 4.18. The van der Waals surface area contributed by atoms with Crippen LogP contribution in [0.1, 0.15) is 15.3 Å². The summed E-state index contributed by atoms with van der Waals surface area (Å²) in [5.74, 6) is 2.22. The molecule has 0 spiro atoms. The number of fused-ring (bicyclic) bond motifs is 1. The third-order valence-corrected chi connectivity index (χ3v) is 3.77. The van der Waals surface area contributed by atoms with Crippen molar-refractivity contribution in [1.82, 2.24) is 0 Å². The molecule has 0 unspecified atom stereocenters. The molecule has 10 heavy (non-hydrogen) atoms. The van der Waals surface area contributed by atoms with E-state index in [2.05, 4.69) is 6.07 Å². The van der Waals surface area contributed by atoms with Gasteiger partial charge in [-0.2, -0.15) is 17.0 Å². The normalized spacial score (nSPS) is 14.7. The summed E-state index contributed by atoms with van der Waals surface area (Å²) in [6.07, 6.45) is 0. The zero-order valence-electron chi connectivity index (χ0n) is 5.26. The van der Waals surface area contributed by atoms with Gasteiger partial charge in [-0.25, -0.2) is 0 Å². The number of nitriles is 1. The first-order chi connectivity index (χ1) is 4.90. The summed E-state index contributed by atoms with van der Waals surface area (Å²) in [5, 5.41) is 8.55. The van der Waals surface area contributed by atoms with Crippen molar-refractivity contribution in [2.24, 2.45) is 0 Å². The Hall–Kier alpha value is -0.460. The lowest BCUT2D eigenvalue weighted by Crippen LogP contribution is -1.66. The van der Waals surface area contributed by atoms with Gasteiger partial charge in [-0.05, 0) is 11.6 Å². The SMILES string of the molecule is N#Cc1cc2c(s1)CSC2. The molecule has 0 bridgehead atoms. The molecule has 0 radical (unpaired) electrons. The maximum absolute atomic E-state index is 8.55. The van der Waals surface area contributed by atoms with E-state index in [1.54, 1.807) is 11.3 Å². The standard InChI is InChI=1S/C7H5NS2/c8-2-6-1-5-3-9-4-7(5)10-6/h1H,3-4H2. The molecule has 2 rings (SSSR count). The van der Waals surface area contributed by atoms with Crippen molar-refractivity contribution in [2.75, 3.05) is 0 Å². The first kappa shape index (κ1) is 6.26. The van der Waals surface area contributed by atoms with Crippen LogP contribution in [0.5, 0.6) is 0 Å². The van der Waals surface area contributed by atoms with Gasteiger partial charge in [-0.3, -0.25) is 0 Å². The molecule has 1 aliphatic heterocycles. The molecule has 3 heteroatoms. The van der Waals surface area contributed by atoms with E-state index >= 15 is 0 Å². The maximum atomic E-state index is 8.55. The van der Waals surface area contributed by atoms with Gasteiger partial charge in [0.05, 0.1) is 0 Å². The molecule has 1 aromatic rings. The van der Waals surface area contributed by atoms with Crippen molar-refractivity contribution >= 4 is 23.1 Å². The van der Waals surface area contributed by atoms with Gasteiger partial charge >= 0.3 is 0 Å². The van der Waals surface area contributed by atoms with E-state index in [4.69, 9.17) is 5.26 Å². The molecule has 1 aromatic heterocycles. The molecular weight excluding hydrogens is 162 g/mol. The number of nitrogens with zero attached hydrogens (tertiary/aromatic N) is 1. The van der Waals surface area contributed by atoms with Gasteiger partial charge in [-0.15, -0.1) is 11.3 Å². The topological polar surface area (TPSA) is 23.8 Å². The van der Waals surface area contributed by atoms with E-state index in [0.717, 1.165) is 16.4 Å². The largest absolute Gasteiger partial charge is 0.192 e. The van der Waals surface area contributed by atoms with Crippen LogP contribution in [-0.4, -0.2) is 0 Å². The number of hydrogen-bond acceptors (Lipinski definition) is 3. The summed E-state index contributed by atoms with van der Waals surface area (Å²) in [7, 11) is 0. The second kappa shape index (κ2) is 2.30. The molecule has 0 atom stereocenters. The van der Waals surface area contributed by atoms with Crippen LogP contribution in [0.15, 0.2) is 6.07 Å². The molecule has 0 amide bonds. The van der Waals surface area contributed by atoms with Crippen LogP contribution in [0.25, 0.3) is 0 Å². The van der Waals surface area contributed by atoms with Crippen molar-refractivity contribution in [2.45, 2.75) is 11.5 Å². The highest BCUT2D eigenvalue weighted by molar-refractivity contribution is 7.98. The Kier molecular flexibility index (Phi) is 1.44. The number of hydrogen-bond donors (Lipinski definition) is 0. The Bertz CT molecular complexity index is 274. The van der Waals surface area contributed by atoms with E-state index in [9.17, 15) is 0 Å². The predicted molar refractivity (Wildman–Crippen MR) is 44.0 cm³/mol. The summed E-state index contributed by atoms with van der Waals surface area (Å²) < 4.78 is 0. The van der Waals surface area contributed by atoms with Crippen LogP contribution in [0.2, 0.25) is 0 Å². The van der Waals surface area contributed by atoms with Crippen molar-refractivity contribution in [3.63, 3.8) is 0 Å². The van der Waals surface area contributed by atoms with Crippen molar-refractivity contribution in [3.8, 4) is 6.07 Å². The highest BCUT2D eigenvalue weighted by Crippen LogP contribution is 2.35. The van der Waals surface area contributed by atoms with E-state index in [1.165, 1.54) is 10.4 Å². The molecule has 0 N–H and O–H groups in total. The molecule has 1 aliphatic rings. The molecule has 0 saturated carbocycles. The van der Waals surface area contributed by atoms with Crippen LogP contribution >= 0.6 is 23.1 Å². The van der Waals surface area contributed by atoms with Crippen LogP contribution < -0.4 is 0 Å². The Morgan fingerprint density at radius 3 is 3.10 bits per heavy atom. The summed E-state index contributed by atoms with van der Waals surface area (Å²) in [5.41, 5.74) is 1.38. The average Bonchev–Trinajstić information content (AvgIpc) is 2.42. The third-order valence-electron chi connectivity index (χ3n) is 1.50. The summed E-state index contributed by atoms with van der Waals surface area (Å²) >= 11 is 3.57. The first-order valence-electron chi connectivity index (χ1n) is 2.99. The lowest BCUT2D eigenvalue weighted by molar-refractivity contribution is 1.44. The fourth-order valence-electron chi connectivity index (χ4n) is 1.02. The minimum atomic E-state index is 0.866. The lowest BCUT2D eigenvalue weighted by atomic mass is 10.3. The molecule has 0 saturated heterocycles. The second-order valence-corrected chi connectivity index (χ2v) is 4.29. The highest BCUT2D eigenvalue weighted by Gasteiger charge is 2.14. The average molecular weight is 167 g/mol. The zero-order valence-corrected chi connectivity index (χ0v) is 6.89. The van der Waals surface area contributed by atoms with Crippen LogP contribution in [0.3, 0.4) is 0 Å². The molecule has 2 heterocycles. The fraction of sp³-hybridized carbons (Fsp3) is 0.286. The number of rotatable bonds is 0. The number of thiophene rings is 1. The molecular formula is C7H5NS2. The van der Waals surface area contributed by atoms with Crippen molar-refractivity contribution in [1.29, 1.82) is 5.26 Å². The van der Waals surface area contributed by atoms with E-state index < -0.39 is 0 Å². The monoisotopic (exact) mass is 167 g/mol. The Balaban J connectivity index is 2.49. The van der Waals surface area contributed by atoms with Gasteiger partial charge in [0.2, 0.25) is 0 Å². The lowest BCUT2D eigenvalue weighted by Gasteiger charge is -1.79. The van der Waals surface area contributed by atoms with Crippen LogP contribution in [-0.2, 0) is 11.5 Å². The Morgan fingerprint density at radius 1 is 1.50 bits per heavy atom. The van der Waals surface area contributed by atoms with Crippen molar-refractivity contribution < 1.29 is 0 Å². The molecule has 0 aromatic carbocycles. The smallest absolute Gasteiger partial charge is 0.110 e. The van der Waals surface area contributed by atoms with E-state index in [-0.39, 0.29) is 0 Å². The van der Waals surface area contributed by atoms with E-state index in [0.29, 0.717) is 0 Å². The van der Waals surface area contributed by atoms with Crippen LogP contribution in [0, 0.1) is 11.3 Å². The third kappa shape index (κ3) is 0.845. The summed E-state index contributed by atoms with van der Waals surface area (Å²) in [6.45, 7) is 0. The molecule has 0 aliphatic carbocycles. The number of thioether (sulfide) groups is 1. The highest BCUT2D eigenvalue weighted by atomic mass is 32.2. The van der Waals surface area contributed by atoms with Gasteiger partial charge in [0.15, 0.2) is 0 Å². The fourth-order valence-corrected chi connectivity index (χ4v) is 3.32. The van der Waals surface area contributed by atoms with E-state index in [1.807, 2.05) is 17.8 Å². The summed E-state index contributed by atoms with van der Waals surface area (Å²) in [4.78, 5) is 2.27. The molecule has 50 valence electrons. The maximum Gasteiger partial charge on any atom is 0.110 e. The minimum absolute atomic E-state index is 0.866. The quantitative estimate of drug-likeness (QED) is 0.592. The Morgan fingerprint density at radius 2 is 2.40 bits per heavy atom. The second-order valence-electron chi connectivity index (χ2n) is 2.16. The van der Waals surface area contributed by atoms with Gasteiger partial charge in [0.25, 0.3) is 0 Å². The van der Waals surface area contributed by atoms with Crippen molar-refractivity contribution in [3.05, 3.63) is 21.4 Å². The van der Waals surface area contributed by atoms with Gasteiger partial charge in [0.1, 0.15) is 10.9 Å². The molecule has 0 fully saturated rings. The van der Waals surface area contributed by atoms with Gasteiger partial charge < -0.3 is 0 Å². The zero-order chi connectivity index (χ0) is 6.97. The van der Waals surface area contributed by atoms with Gasteiger partial charge in [-0.1, -0.05) is 0 Å². The first-order valence-corrected chi connectivity index (χ1v) is 4.96. The van der Waals surface area contributed by atoms with Gasteiger partial charge in [0, 0.05) is 16.4 Å². The molecule has 1 nitrogen and oxygen atoms in total. The predicted octanol–water partition coefficient (Wildman–Crippen LogP) is 2.37. The minimum Gasteiger partial charge on any atom is -0.192 e. The Labute approximate surface area is 67.7 Å².